The van der Waals surface area contributed by atoms with Crippen molar-refractivity contribution in [2.45, 2.75) is 0 Å². The van der Waals surface area contributed by atoms with Crippen LogP contribution < -0.4 is 28.8 Å². The van der Waals surface area contributed by atoms with E-state index in [1.807, 2.05) is 0 Å². The summed E-state index contributed by atoms with van der Waals surface area (Å²) in [6, 6.07) is 3.02. The third kappa shape index (κ3) is 0.830. The van der Waals surface area contributed by atoms with Gasteiger partial charge in [0.25, 0.3) is 0 Å². The summed E-state index contributed by atoms with van der Waals surface area (Å²) in [7, 11) is 0. The lowest BCUT2D eigenvalue weighted by atomic mass is 10.2. The first-order valence-electron chi connectivity index (χ1n) is 3.85. The van der Waals surface area contributed by atoms with E-state index >= 15 is 0 Å². The smallest absolute Gasteiger partial charge is 0.365 e. The largest absolute Gasteiger partial charge is 0.397 e. The number of nitrogens with two attached hydrogens (primary N) is 4. The molecule has 74 valence electrons. The Labute approximate surface area is 78.4 Å². The number of nitrogen functional groups attached to an aromatic ring is 4. The summed E-state index contributed by atoms with van der Waals surface area (Å²) in [6.45, 7) is 0. The first kappa shape index (κ1) is 8.30. The van der Waals surface area contributed by atoms with E-state index in [2.05, 4.69) is 0 Å². The van der Waals surface area contributed by atoms with Gasteiger partial charge in [0.2, 0.25) is 0 Å². The first-order chi connectivity index (χ1) is 6.52. The van der Waals surface area contributed by atoms with Crippen molar-refractivity contribution in [1.29, 1.82) is 0 Å². The van der Waals surface area contributed by atoms with Crippen LogP contribution in [0.4, 0.5) is 11.4 Å². The van der Waals surface area contributed by atoms with Gasteiger partial charge in [-0.3, -0.25) is 0 Å². The molecule has 1 heterocycles. The summed E-state index contributed by atoms with van der Waals surface area (Å²) in [5, 5.41) is 0. The van der Waals surface area contributed by atoms with Crippen molar-refractivity contribution in [3.05, 3.63) is 22.6 Å². The van der Waals surface area contributed by atoms with Gasteiger partial charge in [0.1, 0.15) is 0 Å². The van der Waals surface area contributed by atoms with Crippen molar-refractivity contribution in [2.24, 2.45) is 0 Å². The van der Waals surface area contributed by atoms with Gasteiger partial charge in [-0.15, -0.1) is 0 Å². The molecule has 0 spiro atoms. The zero-order valence-electron chi connectivity index (χ0n) is 7.27. The molecule has 2 aromatic rings. The van der Waals surface area contributed by atoms with Crippen LogP contribution in [0.2, 0.25) is 0 Å². The van der Waals surface area contributed by atoms with E-state index in [9.17, 15) is 4.79 Å². The van der Waals surface area contributed by atoms with Crippen molar-refractivity contribution < 1.29 is 0 Å². The fourth-order valence-corrected chi connectivity index (χ4v) is 1.32. The van der Waals surface area contributed by atoms with E-state index in [1.165, 1.54) is 12.1 Å². The molecule has 1 aromatic carbocycles. The lowest BCUT2D eigenvalue weighted by Gasteiger charge is -2.00. The standard InChI is InChI=1S/C7H10N6O/c8-3-1-5-6(2-4(3)9)13(11)7(14)12(5)10/h1-2H,8-11H2. The number of nitrogens with zero attached hydrogens (tertiary/aromatic N) is 2. The third-order valence-corrected chi connectivity index (χ3v) is 2.11. The molecule has 0 bridgehead atoms. The minimum Gasteiger partial charge on any atom is -0.397 e. The summed E-state index contributed by atoms with van der Waals surface area (Å²) in [4.78, 5) is 11.3. The minimum atomic E-state index is -0.523. The molecule has 0 amide bonds. The van der Waals surface area contributed by atoms with Gasteiger partial charge in [-0.1, -0.05) is 0 Å². The van der Waals surface area contributed by atoms with Gasteiger partial charge in [0, 0.05) is 0 Å². The molecule has 0 radical (unpaired) electrons. The van der Waals surface area contributed by atoms with Gasteiger partial charge in [-0.05, 0) is 12.1 Å². The average molecular weight is 194 g/mol. The summed E-state index contributed by atoms with van der Waals surface area (Å²) in [6.07, 6.45) is 0. The highest BCUT2D eigenvalue weighted by molar-refractivity contribution is 5.86. The highest BCUT2D eigenvalue weighted by atomic mass is 16.2. The second kappa shape index (κ2) is 2.34. The SMILES string of the molecule is Nc1cc2c(cc1N)n(N)c(=O)n2N. The normalized spacial score (nSPS) is 10.9. The van der Waals surface area contributed by atoms with Crippen molar-refractivity contribution in [2.75, 3.05) is 23.2 Å². The summed E-state index contributed by atoms with van der Waals surface area (Å²) in [5.41, 5.74) is 12.2. The second-order valence-corrected chi connectivity index (χ2v) is 2.99. The minimum absolute atomic E-state index is 0.363. The molecule has 0 atom stereocenters. The highest BCUT2D eigenvalue weighted by Gasteiger charge is 2.10. The zero-order valence-corrected chi connectivity index (χ0v) is 7.27. The first-order valence-corrected chi connectivity index (χ1v) is 3.85. The van der Waals surface area contributed by atoms with Crippen LogP contribution >= 0.6 is 0 Å². The van der Waals surface area contributed by atoms with E-state index in [-0.39, 0.29) is 0 Å². The predicted octanol–water partition coefficient (Wildman–Crippen LogP) is -1.61. The van der Waals surface area contributed by atoms with E-state index in [4.69, 9.17) is 23.2 Å². The lowest BCUT2D eigenvalue weighted by Crippen LogP contribution is -2.32. The van der Waals surface area contributed by atoms with Crippen molar-refractivity contribution in [1.82, 2.24) is 9.35 Å². The van der Waals surface area contributed by atoms with Crippen LogP contribution in [0, 0.1) is 0 Å². The maximum atomic E-state index is 11.3. The fraction of sp³-hybridized carbons (Fsp3) is 0. The molecular formula is C7H10N6O. The molecule has 0 unspecified atom stereocenters. The molecule has 2 rings (SSSR count). The zero-order chi connectivity index (χ0) is 10.5. The maximum absolute atomic E-state index is 11.3. The van der Waals surface area contributed by atoms with E-state index in [1.54, 1.807) is 0 Å². The number of aromatic nitrogens is 2. The number of benzene rings is 1. The third-order valence-electron chi connectivity index (χ3n) is 2.11. The Bertz CT molecular complexity index is 518. The van der Waals surface area contributed by atoms with Gasteiger partial charge >= 0.3 is 5.69 Å². The van der Waals surface area contributed by atoms with Gasteiger partial charge in [0.05, 0.1) is 22.4 Å². The Morgan fingerprint density at radius 1 is 0.929 bits per heavy atom. The molecule has 0 saturated heterocycles. The molecule has 8 N–H and O–H groups in total. The van der Waals surface area contributed by atoms with Gasteiger partial charge in [-0.2, -0.15) is 0 Å². The molecule has 0 fully saturated rings. The van der Waals surface area contributed by atoms with Crippen LogP contribution in [0.1, 0.15) is 0 Å². The van der Waals surface area contributed by atoms with Crippen LogP contribution in [-0.2, 0) is 0 Å². The van der Waals surface area contributed by atoms with Crippen LogP contribution in [0.15, 0.2) is 16.9 Å². The molecule has 0 aliphatic rings. The quantitative estimate of drug-likeness (QED) is 0.296. The molecule has 0 aliphatic heterocycles. The molecular weight excluding hydrogens is 184 g/mol. The van der Waals surface area contributed by atoms with Crippen LogP contribution in [0.25, 0.3) is 11.0 Å². The monoisotopic (exact) mass is 194 g/mol. The Balaban J connectivity index is 3.04. The maximum Gasteiger partial charge on any atom is 0.365 e. The number of hydrogen-bond donors (Lipinski definition) is 4. The Morgan fingerprint density at radius 3 is 1.64 bits per heavy atom. The fourth-order valence-electron chi connectivity index (χ4n) is 1.32. The van der Waals surface area contributed by atoms with E-state index in [0.29, 0.717) is 22.4 Å². The van der Waals surface area contributed by atoms with E-state index in [0.717, 1.165) is 9.35 Å². The van der Waals surface area contributed by atoms with Crippen LogP contribution in [-0.4, -0.2) is 9.35 Å². The van der Waals surface area contributed by atoms with Crippen LogP contribution in [0.5, 0.6) is 0 Å². The average Bonchev–Trinajstić information content (AvgIpc) is 2.34. The second-order valence-electron chi connectivity index (χ2n) is 2.99. The molecule has 0 saturated carbocycles. The molecule has 14 heavy (non-hydrogen) atoms. The number of imidazole rings is 1. The molecule has 0 aliphatic carbocycles. The molecule has 7 nitrogen and oxygen atoms in total. The Kier molecular flexibility index (Phi) is 1.39. The van der Waals surface area contributed by atoms with Gasteiger partial charge < -0.3 is 23.2 Å². The van der Waals surface area contributed by atoms with Crippen LogP contribution in [0.3, 0.4) is 0 Å². The number of hydrogen-bond acceptors (Lipinski definition) is 5. The van der Waals surface area contributed by atoms with Crippen molar-refractivity contribution in [3.63, 3.8) is 0 Å². The Hall–Kier alpha value is -2.31. The predicted molar refractivity (Wildman–Crippen MR) is 55.3 cm³/mol. The van der Waals surface area contributed by atoms with Gasteiger partial charge in [0.15, 0.2) is 0 Å². The summed E-state index contributed by atoms with van der Waals surface area (Å²) >= 11 is 0. The summed E-state index contributed by atoms with van der Waals surface area (Å²) < 4.78 is 1.84. The van der Waals surface area contributed by atoms with Crippen molar-refractivity contribution >= 4 is 22.4 Å². The van der Waals surface area contributed by atoms with Gasteiger partial charge in [-0.25, -0.2) is 14.1 Å². The summed E-state index contributed by atoms with van der Waals surface area (Å²) in [5.74, 6) is 10.9. The molecule has 1 aromatic heterocycles. The number of fused-ring (bicyclic) bond motifs is 1. The number of rotatable bonds is 0. The Morgan fingerprint density at radius 2 is 1.29 bits per heavy atom. The lowest BCUT2D eigenvalue weighted by molar-refractivity contribution is 0.872. The van der Waals surface area contributed by atoms with E-state index < -0.39 is 5.69 Å². The topological polar surface area (TPSA) is 131 Å². The number of anilines is 2. The van der Waals surface area contributed by atoms with Crippen molar-refractivity contribution in [3.8, 4) is 0 Å². The molecule has 7 heteroatoms. The highest BCUT2D eigenvalue weighted by Crippen LogP contribution is 2.21.